The predicted molar refractivity (Wildman–Crippen MR) is 77.7 cm³/mol. The molecule has 2 rings (SSSR count). The zero-order valence-electron chi connectivity index (χ0n) is 10.3. The number of aromatic nitrogens is 1. The highest BCUT2D eigenvalue weighted by molar-refractivity contribution is 9.10. The zero-order chi connectivity index (χ0) is 13.8. The molecular weight excluding hydrogens is 310 g/mol. The highest BCUT2D eigenvalue weighted by Crippen LogP contribution is 2.32. The van der Waals surface area contributed by atoms with Gasteiger partial charge in [0.25, 0.3) is 0 Å². The highest BCUT2D eigenvalue weighted by Gasteiger charge is 2.21. The number of para-hydroxylation sites is 1. The van der Waals surface area contributed by atoms with E-state index in [0.717, 1.165) is 5.69 Å². The fraction of sp³-hybridized carbons (Fsp3) is 0.154. The van der Waals surface area contributed by atoms with Gasteiger partial charge >= 0.3 is 5.69 Å². The van der Waals surface area contributed by atoms with Crippen LogP contribution >= 0.6 is 15.9 Å². The van der Waals surface area contributed by atoms with Gasteiger partial charge in [-0.1, -0.05) is 18.2 Å². The Kier molecular flexibility index (Phi) is 4.11. The standard InChI is InChI=1S/C13H12BrN3O2/c1-2-16(11-6-4-3-5-7-11)13-12(17(18)19)8-10(14)9-15-13/h3-9H,2H2,1H3. The monoisotopic (exact) mass is 321 g/mol. The molecule has 1 aromatic heterocycles. The van der Waals surface area contributed by atoms with Crippen LogP contribution in [0.3, 0.4) is 0 Å². The largest absolute Gasteiger partial charge is 0.321 e. The maximum Gasteiger partial charge on any atom is 0.313 e. The summed E-state index contributed by atoms with van der Waals surface area (Å²) in [5.74, 6) is 0.349. The normalized spacial score (nSPS) is 10.2. The van der Waals surface area contributed by atoms with Crippen molar-refractivity contribution >= 4 is 33.1 Å². The van der Waals surface area contributed by atoms with Crippen molar-refractivity contribution in [2.24, 2.45) is 0 Å². The quantitative estimate of drug-likeness (QED) is 0.632. The van der Waals surface area contributed by atoms with Gasteiger partial charge in [-0.2, -0.15) is 0 Å². The first kappa shape index (κ1) is 13.5. The van der Waals surface area contributed by atoms with E-state index in [0.29, 0.717) is 16.8 Å². The fourth-order valence-corrected chi connectivity index (χ4v) is 2.15. The van der Waals surface area contributed by atoms with Crippen molar-refractivity contribution in [1.29, 1.82) is 0 Å². The molecule has 5 nitrogen and oxygen atoms in total. The molecule has 98 valence electrons. The van der Waals surface area contributed by atoms with Gasteiger partial charge in [0.2, 0.25) is 5.82 Å². The second kappa shape index (κ2) is 5.79. The van der Waals surface area contributed by atoms with Crippen LogP contribution < -0.4 is 4.90 Å². The van der Waals surface area contributed by atoms with E-state index in [1.807, 2.05) is 42.2 Å². The molecular formula is C13H12BrN3O2. The number of anilines is 2. The first-order valence-corrected chi connectivity index (χ1v) is 6.55. The van der Waals surface area contributed by atoms with Gasteiger partial charge < -0.3 is 4.90 Å². The van der Waals surface area contributed by atoms with Crippen molar-refractivity contribution in [3.05, 3.63) is 57.2 Å². The van der Waals surface area contributed by atoms with E-state index >= 15 is 0 Å². The third kappa shape index (κ3) is 2.90. The van der Waals surface area contributed by atoms with Crippen LogP contribution in [-0.2, 0) is 0 Å². The van der Waals surface area contributed by atoms with Crippen LogP contribution in [-0.4, -0.2) is 16.5 Å². The number of hydrogen-bond acceptors (Lipinski definition) is 4. The first-order valence-electron chi connectivity index (χ1n) is 5.76. The number of benzene rings is 1. The van der Waals surface area contributed by atoms with Gasteiger partial charge in [0, 0.05) is 29.0 Å². The molecule has 0 saturated heterocycles. The van der Waals surface area contributed by atoms with Crippen molar-refractivity contribution in [3.63, 3.8) is 0 Å². The second-order valence-electron chi connectivity index (χ2n) is 3.83. The summed E-state index contributed by atoms with van der Waals surface area (Å²) >= 11 is 3.21. The zero-order valence-corrected chi connectivity index (χ0v) is 11.9. The van der Waals surface area contributed by atoms with Crippen LogP contribution in [0, 0.1) is 10.1 Å². The number of nitro groups is 1. The number of pyridine rings is 1. The first-order chi connectivity index (χ1) is 9.13. The molecule has 0 amide bonds. The molecule has 0 radical (unpaired) electrons. The van der Waals surface area contributed by atoms with Crippen molar-refractivity contribution in [1.82, 2.24) is 4.98 Å². The molecule has 0 aliphatic carbocycles. The molecule has 2 aromatic rings. The van der Waals surface area contributed by atoms with Gasteiger partial charge in [-0.3, -0.25) is 10.1 Å². The van der Waals surface area contributed by atoms with E-state index in [2.05, 4.69) is 20.9 Å². The van der Waals surface area contributed by atoms with Crippen LogP contribution in [0.1, 0.15) is 6.92 Å². The smallest absolute Gasteiger partial charge is 0.313 e. The lowest BCUT2D eigenvalue weighted by Crippen LogP contribution is -2.18. The van der Waals surface area contributed by atoms with Crippen LogP contribution in [0.25, 0.3) is 0 Å². The van der Waals surface area contributed by atoms with Crippen LogP contribution in [0.2, 0.25) is 0 Å². The second-order valence-corrected chi connectivity index (χ2v) is 4.75. The third-order valence-electron chi connectivity index (χ3n) is 2.65. The van der Waals surface area contributed by atoms with Crippen LogP contribution in [0.15, 0.2) is 47.1 Å². The SMILES string of the molecule is CCN(c1ccccc1)c1ncc(Br)cc1[N+](=O)[O-]. The Labute approximate surface area is 119 Å². The van der Waals surface area contributed by atoms with Gasteiger partial charge in [-0.25, -0.2) is 4.98 Å². The summed E-state index contributed by atoms with van der Waals surface area (Å²) < 4.78 is 0.590. The van der Waals surface area contributed by atoms with Crippen molar-refractivity contribution in [3.8, 4) is 0 Å². The predicted octanol–water partition coefficient (Wildman–Crippen LogP) is 3.91. The molecule has 0 aliphatic rings. The number of hydrogen-bond donors (Lipinski definition) is 0. The van der Waals surface area contributed by atoms with Crippen molar-refractivity contribution in [2.75, 3.05) is 11.4 Å². The molecule has 19 heavy (non-hydrogen) atoms. The molecule has 1 heterocycles. The molecule has 6 heteroatoms. The summed E-state index contributed by atoms with van der Waals surface area (Å²) in [4.78, 5) is 16.7. The molecule has 0 unspecified atom stereocenters. The van der Waals surface area contributed by atoms with Gasteiger partial charge in [0.15, 0.2) is 0 Å². The lowest BCUT2D eigenvalue weighted by atomic mass is 10.2. The van der Waals surface area contributed by atoms with E-state index in [1.54, 1.807) is 6.20 Å². The Morgan fingerprint density at radius 1 is 1.37 bits per heavy atom. The summed E-state index contributed by atoms with van der Waals surface area (Å²) in [7, 11) is 0. The lowest BCUT2D eigenvalue weighted by molar-refractivity contribution is -0.384. The summed E-state index contributed by atoms with van der Waals surface area (Å²) in [5, 5.41) is 11.1. The van der Waals surface area contributed by atoms with Gasteiger partial charge in [0.05, 0.1) is 4.92 Å². The van der Waals surface area contributed by atoms with E-state index in [1.165, 1.54) is 6.07 Å². The minimum atomic E-state index is -0.418. The minimum Gasteiger partial charge on any atom is -0.321 e. The molecule has 0 N–H and O–H groups in total. The Balaban J connectivity index is 2.53. The molecule has 0 aliphatic heterocycles. The Bertz CT molecular complexity index is 590. The van der Waals surface area contributed by atoms with Gasteiger partial charge in [-0.15, -0.1) is 0 Å². The van der Waals surface area contributed by atoms with Gasteiger partial charge in [0.1, 0.15) is 0 Å². The van der Waals surface area contributed by atoms with Crippen LogP contribution in [0.4, 0.5) is 17.2 Å². The number of nitrogens with zero attached hydrogens (tertiary/aromatic N) is 3. The molecule has 0 atom stereocenters. The third-order valence-corrected chi connectivity index (χ3v) is 3.08. The highest BCUT2D eigenvalue weighted by atomic mass is 79.9. The fourth-order valence-electron chi connectivity index (χ4n) is 1.83. The summed E-state index contributed by atoms with van der Waals surface area (Å²) in [5.41, 5.74) is 0.864. The number of rotatable bonds is 4. The average molecular weight is 322 g/mol. The average Bonchev–Trinajstić information content (AvgIpc) is 2.42. The lowest BCUT2D eigenvalue weighted by Gasteiger charge is -2.21. The Morgan fingerprint density at radius 2 is 2.05 bits per heavy atom. The van der Waals surface area contributed by atoms with E-state index in [4.69, 9.17) is 0 Å². The van der Waals surface area contributed by atoms with E-state index < -0.39 is 4.92 Å². The maximum absolute atomic E-state index is 11.1. The Hall–Kier alpha value is -1.95. The van der Waals surface area contributed by atoms with Gasteiger partial charge in [-0.05, 0) is 35.0 Å². The Morgan fingerprint density at radius 3 is 2.63 bits per heavy atom. The van der Waals surface area contributed by atoms with E-state index in [9.17, 15) is 10.1 Å². The topological polar surface area (TPSA) is 59.3 Å². The summed E-state index contributed by atoms with van der Waals surface area (Å²) in [6, 6.07) is 11.0. The molecule has 0 bridgehead atoms. The molecule has 1 aromatic carbocycles. The number of halogens is 1. The van der Waals surface area contributed by atoms with Crippen LogP contribution in [0.5, 0.6) is 0 Å². The van der Waals surface area contributed by atoms with Crippen molar-refractivity contribution in [2.45, 2.75) is 6.92 Å². The molecule has 0 spiro atoms. The molecule has 0 saturated carbocycles. The maximum atomic E-state index is 11.1. The van der Waals surface area contributed by atoms with Crippen molar-refractivity contribution < 1.29 is 4.92 Å². The van der Waals surface area contributed by atoms with E-state index in [-0.39, 0.29) is 5.69 Å². The summed E-state index contributed by atoms with van der Waals surface area (Å²) in [6.07, 6.45) is 1.56. The minimum absolute atomic E-state index is 0.0138. The molecule has 0 fully saturated rings. The summed E-state index contributed by atoms with van der Waals surface area (Å²) in [6.45, 7) is 2.53.